The van der Waals surface area contributed by atoms with E-state index in [-0.39, 0.29) is 30.8 Å². The number of hydrogen-bond acceptors (Lipinski definition) is 5. The third-order valence-electron chi connectivity index (χ3n) is 5.11. The highest BCUT2D eigenvalue weighted by atomic mass is 16.6. The van der Waals surface area contributed by atoms with Crippen LogP contribution >= 0.6 is 0 Å². The number of nitrogens with zero attached hydrogens (tertiary/aromatic N) is 1. The van der Waals surface area contributed by atoms with Gasteiger partial charge in [-0.05, 0) is 43.0 Å². The van der Waals surface area contributed by atoms with Crippen molar-refractivity contribution >= 4 is 12.1 Å². The number of amides is 1. The highest BCUT2D eigenvalue weighted by molar-refractivity contribution is 5.89. The second-order valence-corrected chi connectivity index (χ2v) is 6.96. The van der Waals surface area contributed by atoms with Gasteiger partial charge >= 0.3 is 12.1 Å². The minimum absolute atomic E-state index is 0.0865. The second kappa shape index (κ2) is 10.1. The molecule has 1 heterocycles. The Hall–Kier alpha value is -2.86. The number of likely N-dealkylation sites (tertiary alicyclic amines) is 1. The molecule has 0 spiro atoms. The SMILES string of the molecule is CCO[C@H]1CCN(C(=O)OCc2ccccc2)C(c2ccc(C(=O)OC)cc2)C1. The molecule has 6 nitrogen and oxygen atoms in total. The quantitative estimate of drug-likeness (QED) is 0.678. The highest BCUT2D eigenvalue weighted by Crippen LogP contribution is 2.33. The standard InChI is InChI=1S/C23H27NO5/c1-3-28-20-13-14-24(23(26)29-16-17-7-5-4-6-8-17)21(15-20)18-9-11-19(12-10-18)22(25)27-2/h4-12,20-21H,3,13-16H2,1-2H3/t20-,21?/m0/s1. The number of carbonyl (C=O) groups excluding carboxylic acids is 2. The minimum Gasteiger partial charge on any atom is -0.465 e. The highest BCUT2D eigenvalue weighted by Gasteiger charge is 2.34. The van der Waals surface area contributed by atoms with E-state index < -0.39 is 0 Å². The van der Waals surface area contributed by atoms with Gasteiger partial charge in [-0.1, -0.05) is 42.5 Å². The summed E-state index contributed by atoms with van der Waals surface area (Å²) in [6, 6.07) is 16.6. The third-order valence-corrected chi connectivity index (χ3v) is 5.11. The number of piperidine rings is 1. The van der Waals surface area contributed by atoms with Crippen LogP contribution in [0.1, 0.15) is 47.3 Å². The van der Waals surface area contributed by atoms with Gasteiger partial charge in [-0.2, -0.15) is 0 Å². The zero-order valence-corrected chi connectivity index (χ0v) is 16.9. The van der Waals surface area contributed by atoms with Crippen LogP contribution in [0.4, 0.5) is 4.79 Å². The first-order chi connectivity index (χ1) is 14.1. The maximum atomic E-state index is 12.8. The number of methoxy groups -OCH3 is 1. The van der Waals surface area contributed by atoms with Gasteiger partial charge in [-0.3, -0.25) is 0 Å². The van der Waals surface area contributed by atoms with Crippen molar-refractivity contribution in [1.29, 1.82) is 0 Å². The van der Waals surface area contributed by atoms with Crippen molar-refractivity contribution in [3.8, 4) is 0 Å². The maximum Gasteiger partial charge on any atom is 0.410 e. The van der Waals surface area contributed by atoms with Crippen LogP contribution in [0, 0.1) is 0 Å². The van der Waals surface area contributed by atoms with Crippen LogP contribution < -0.4 is 0 Å². The van der Waals surface area contributed by atoms with Gasteiger partial charge in [0, 0.05) is 13.2 Å². The summed E-state index contributed by atoms with van der Waals surface area (Å²) < 4.78 is 16.1. The van der Waals surface area contributed by atoms with Crippen molar-refractivity contribution in [2.75, 3.05) is 20.3 Å². The lowest BCUT2D eigenvalue weighted by atomic mass is 9.93. The van der Waals surface area contributed by atoms with Gasteiger partial charge in [0.05, 0.1) is 24.8 Å². The van der Waals surface area contributed by atoms with Gasteiger partial charge < -0.3 is 19.1 Å². The molecule has 29 heavy (non-hydrogen) atoms. The largest absolute Gasteiger partial charge is 0.465 e. The van der Waals surface area contributed by atoms with Crippen LogP contribution in [-0.4, -0.2) is 43.3 Å². The topological polar surface area (TPSA) is 65.1 Å². The Morgan fingerprint density at radius 3 is 2.45 bits per heavy atom. The molecule has 2 atom stereocenters. The van der Waals surface area contributed by atoms with Crippen molar-refractivity contribution in [1.82, 2.24) is 4.90 Å². The number of benzene rings is 2. The van der Waals surface area contributed by atoms with E-state index in [1.54, 1.807) is 17.0 Å². The zero-order chi connectivity index (χ0) is 20.6. The summed E-state index contributed by atoms with van der Waals surface area (Å²) in [4.78, 5) is 26.3. The maximum absolute atomic E-state index is 12.8. The average Bonchev–Trinajstić information content (AvgIpc) is 2.78. The molecule has 0 radical (unpaired) electrons. The van der Waals surface area contributed by atoms with E-state index in [1.165, 1.54) is 7.11 Å². The van der Waals surface area contributed by atoms with E-state index in [2.05, 4.69) is 0 Å². The predicted molar refractivity (Wildman–Crippen MR) is 109 cm³/mol. The first-order valence-corrected chi connectivity index (χ1v) is 9.89. The van der Waals surface area contributed by atoms with Crippen molar-refractivity contribution in [2.45, 2.75) is 38.5 Å². The third kappa shape index (κ3) is 5.35. The van der Waals surface area contributed by atoms with Gasteiger partial charge in [0.25, 0.3) is 0 Å². The number of ether oxygens (including phenoxy) is 3. The summed E-state index contributed by atoms with van der Waals surface area (Å²) in [6.07, 6.45) is 1.20. The fourth-order valence-corrected chi connectivity index (χ4v) is 3.62. The van der Waals surface area contributed by atoms with Gasteiger partial charge in [0.2, 0.25) is 0 Å². The smallest absolute Gasteiger partial charge is 0.410 e. The zero-order valence-electron chi connectivity index (χ0n) is 16.9. The Kier molecular flexibility index (Phi) is 7.25. The normalized spacial score (nSPS) is 18.9. The van der Waals surface area contributed by atoms with E-state index in [4.69, 9.17) is 14.2 Å². The van der Waals surface area contributed by atoms with E-state index in [0.29, 0.717) is 25.1 Å². The Bertz CT molecular complexity index is 806. The fraction of sp³-hybridized carbons (Fsp3) is 0.391. The molecule has 0 aliphatic carbocycles. The number of hydrogen-bond donors (Lipinski definition) is 0. The summed E-state index contributed by atoms with van der Waals surface area (Å²) >= 11 is 0. The van der Waals surface area contributed by atoms with Crippen LogP contribution in [-0.2, 0) is 20.8 Å². The number of esters is 1. The molecule has 1 unspecified atom stereocenters. The molecule has 2 aromatic rings. The number of carbonyl (C=O) groups is 2. The van der Waals surface area contributed by atoms with Crippen molar-refractivity contribution < 1.29 is 23.8 Å². The summed E-state index contributed by atoms with van der Waals surface area (Å²) in [5.74, 6) is -0.383. The number of rotatable bonds is 6. The van der Waals surface area contributed by atoms with Gasteiger partial charge in [0.15, 0.2) is 0 Å². The lowest BCUT2D eigenvalue weighted by molar-refractivity contribution is -0.0125. The fourth-order valence-electron chi connectivity index (χ4n) is 3.62. The molecule has 1 aliphatic heterocycles. The van der Waals surface area contributed by atoms with E-state index in [1.807, 2.05) is 49.4 Å². The molecule has 1 aliphatic rings. The van der Waals surface area contributed by atoms with Crippen LogP contribution in [0.15, 0.2) is 54.6 Å². The molecule has 6 heteroatoms. The molecule has 154 valence electrons. The van der Waals surface area contributed by atoms with Gasteiger partial charge in [-0.15, -0.1) is 0 Å². The second-order valence-electron chi connectivity index (χ2n) is 6.96. The molecule has 0 N–H and O–H groups in total. The van der Waals surface area contributed by atoms with E-state index in [0.717, 1.165) is 17.5 Å². The monoisotopic (exact) mass is 397 g/mol. The molecular weight excluding hydrogens is 370 g/mol. The predicted octanol–water partition coefficient (Wildman–Crippen LogP) is 4.35. The van der Waals surface area contributed by atoms with Gasteiger partial charge in [-0.25, -0.2) is 9.59 Å². The summed E-state index contributed by atoms with van der Waals surface area (Å²) in [7, 11) is 1.36. The molecule has 1 saturated heterocycles. The molecular formula is C23H27NO5. The van der Waals surface area contributed by atoms with E-state index in [9.17, 15) is 9.59 Å². The van der Waals surface area contributed by atoms with E-state index >= 15 is 0 Å². The lowest BCUT2D eigenvalue weighted by Gasteiger charge is -2.38. The first-order valence-electron chi connectivity index (χ1n) is 9.89. The van der Waals surface area contributed by atoms with Crippen LogP contribution in [0.2, 0.25) is 0 Å². The lowest BCUT2D eigenvalue weighted by Crippen LogP contribution is -2.43. The summed E-state index contributed by atoms with van der Waals surface area (Å²) in [5.41, 5.74) is 2.37. The summed E-state index contributed by atoms with van der Waals surface area (Å²) in [6.45, 7) is 3.40. The molecule has 0 saturated carbocycles. The van der Waals surface area contributed by atoms with Crippen molar-refractivity contribution in [2.24, 2.45) is 0 Å². The van der Waals surface area contributed by atoms with Crippen molar-refractivity contribution in [3.05, 3.63) is 71.3 Å². The van der Waals surface area contributed by atoms with Crippen molar-refractivity contribution in [3.63, 3.8) is 0 Å². The Labute approximate surface area is 171 Å². The van der Waals surface area contributed by atoms with Crippen LogP contribution in [0.3, 0.4) is 0 Å². The van der Waals surface area contributed by atoms with Crippen LogP contribution in [0.5, 0.6) is 0 Å². The molecule has 1 fully saturated rings. The molecule has 3 rings (SSSR count). The Morgan fingerprint density at radius 1 is 1.07 bits per heavy atom. The van der Waals surface area contributed by atoms with Crippen LogP contribution in [0.25, 0.3) is 0 Å². The molecule has 0 aromatic heterocycles. The molecule has 0 bridgehead atoms. The average molecular weight is 397 g/mol. The minimum atomic E-state index is -0.383. The van der Waals surface area contributed by atoms with Gasteiger partial charge in [0.1, 0.15) is 6.61 Å². The molecule has 2 aromatic carbocycles. The molecule has 1 amide bonds. The first kappa shape index (κ1) is 20.9. The summed E-state index contributed by atoms with van der Waals surface area (Å²) in [5, 5.41) is 0. The Morgan fingerprint density at radius 2 is 1.79 bits per heavy atom. The Balaban J connectivity index is 1.74.